The van der Waals surface area contributed by atoms with Gasteiger partial charge in [0.1, 0.15) is 11.2 Å². The van der Waals surface area contributed by atoms with Crippen molar-refractivity contribution in [1.29, 1.82) is 0 Å². The maximum Gasteiger partial charge on any atom is 0.495 e. The number of fused-ring (bicyclic) bond motifs is 4. The van der Waals surface area contributed by atoms with Crippen molar-refractivity contribution in [2.75, 3.05) is 0 Å². The second kappa shape index (κ2) is 5.37. The van der Waals surface area contributed by atoms with Gasteiger partial charge in [0, 0.05) is 10.8 Å². The molecule has 0 amide bonds. The largest absolute Gasteiger partial charge is 0.495 e. The lowest BCUT2D eigenvalue weighted by Gasteiger charge is -2.32. The third-order valence-electron chi connectivity index (χ3n) is 6.12. The standard InChI is InChI=1S/C23H23BO3/c1-14-10-18(24-26-22(2,3)23(4,5)27-24)21-17-12-15-8-6-7-9-16(15)13-19(17)25-20(21)11-14/h6-13H,1-5H3. The van der Waals surface area contributed by atoms with Crippen molar-refractivity contribution in [3.05, 3.63) is 54.1 Å². The first kappa shape index (κ1) is 16.8. The molecule has 4 aromatic rings. The van der Waals surface area contributed by atoms with Gasteiger partial charge in [-0.2, -0.15) is 0 Å². The Morgan fingerprint density at radius 3 is 2.07 bits per heavy atom. The molecule has 5 rings (SSSR count). The van der Waals surface area contributed by atoms with Crippen LogP contribution < -0.4 is 5.46 Å². The molecule has 0 spiro atoms. The second-order valence-corrected chi connectivity index (χ2v) is 8.61. The quantitative estimate of drug-likeness (QED) is 0.430. The zero-order valence-electron chi connectivity index (χ0n) is 16.4. The first-order chi connectivity index (χ1) is 12.7. The molecule has 0 unspecified atom stereocenters. The molecule has 1 aliphatic rings. The predicted octanol–water partition coefficient (Wildman–Crippen LogP) is 5.35. The Labute approximate surface area is 159 Å². The summed E-state index contributed by atoms with van der Waals surface area (Å²) in [6.07, 6.45) is 0. The highest BCUT2D eigenvalue weighted by atomic mass is 16.7. The van der Waals surface area contributed by atoms with Crippen LogP contribution >= 0.6 is 0 Å². The summed E-state index contributed by atoms with van der Waals surface area (Å²) in [4.78, 5) is 0. The van der Waals surface area contributed by atoms with Gasteiger partial charge in [0.15, 0.2) is 0 Å². The maximum absolute atomic E-state index is 6.36. The van der Waals surface area contributed by atoms with E-state index in [0.29, 0.717) is 0 Å². The molecule has 1 aromatic heterocycles. The van der Waals surface area contributed by atoms with Crippen LogP contribution in [0.2, 0.25) is 0 Å². The van der Waals surface area contributed by atoms with Crippen LogP contribution in [0.5, 0.6) is 0 Å². The van der Waals surface area contributed by atoms with Gasteiger partial charge < -0.3 is 13.7 Å². The summed E-state index contributed by atoms with van der Waals surface area (Å²) in [7, 11) is -0.412. The normalized spacial score (nSPS) is 18.8. The van der Waals surface area contributed by atoms with E-state index in [1.807, 2.05) is 0 Å². The lowest BCUT2D eigenvalue weighted by molar-refractivity contribution is 0.00578. The summed E-state index contributed by atoms with van der Waals surface area (Å²) in [5.41, 5.74) is 3.20. The molecular weight excluding hydrogens is 335 g/mol. The van der Waals surface area contributed by atoms with Crippen molar-refractivity contribution in [1.82, 2.24) is 0 Å². The van der Waals surface area contributed by atoms with Crippen molar-refractivity contribution in [3.63, 3.8) is 0 Å². The lowest BCUT2D eigenvalue weighted by atomic mass is 9.75. The van der Waals surface area contributed by atoms with Crippen LogP contribution in [0.4, 0.5) is 0 Å². The average molecular weight is 358 g/mol. The summed E-state index contributed by atoms with van der Waals surface area (Å²) < 4.78 is 18.9. The Morgan fingerprint density at radius 2 is 1.41 bits per heavy atom. The van der Waals surface area contributed by atoms with E-state index in [1.165, 1.54) is 10.8 Å². The van der Waals surface area contributed by atoms with Crippen LogP contribution in [0.25, 0.3) is 32.7 Å². The summed E-state index contributed by atoms with van der Waals surface area (Å²) in [5.74, 6) is 0. The molecule has 3 nitrogen and oxygen atoms in total. The van der Waals surface area contributed by atoms with E-state index in [2.05, 4.69) is 83.1 Å². The highest BCUT2D eigenvalue weighted by molar-refractivity contribution is 6.66. The lowest BCUT2D eigenvalue weighted by Crippen LogP contribution is -2.41. The Hall–Kier alpha value is -2.30. The van der Waals surface area contributed by atoms with E-state index < -0.39 is 7.12 Å². The summed E-state index contributed by atoms with van der Waals surface area (Å²) in [6.45, 7) is 10.4. The van der Waals surface area contributed by atoms with E-state index in [-0.39, 0.29) is 11.2 Å². The molecule has 27 heavy (non-hydrogen) atoms. The number of hydrogen-bond donors (Lipinski definition) is 0. The minimum absolute atomic E-state index is 0.375. The summed E-state index contributed by atoms with van der Waals surface area (Å²) >= 11 is 0. The predicted molar refractivity (Wildman–Crippen MR) is 112 cm³/mol. The van der Waals surface area contributed by atoms with Gasteiger partial charge in [-0.15, -0.1) is 0 Å². The molecule has 0 bridgehead atoms. The van der Waals surface area contributed by atoms with Gasteiger partial charge in [0.05, 0.1) is 11.2 Å². The zero-order chi connectivity index (χ0) is 19.0. The first-order valence-electron chi connectivity index (χ1n) is 9.46. The fraction of sp³-hybridized carbons (Fsp3) is 0.304. The Balaban J connectivity index is 1.80. The molecule has 2 heterocycles. The summed E-state index contributed by atoms with van der Waals surface area (Å²) in [6, 6.07) is 16.9. The molecule has 4 heteroatoms. The van der Waals surface area contributed by atoms with Crippen LogP contribution in [0.15, 0.2) is 52.9 Å². The SMILES string of the molecule is Cc1cc(B2OC(C)(C)C(C)(C)O2)c2c(c1)oc1cc3ccccc3cc12. The van der Waals surface area contributed by atoms with Gasteiger partial charge >= 0.3 is 7.12 Å². The molecule has 0 atom stereocenters. The van der Waals surface area contributed by atoms with Crippen LogP contribution in [0, 0.1) is 6.92 Å². The van der Waals surface area contributed by atoms with E-state index in [0.717, 1.165) is 33.0 Å². The third-order valence-corrected chi connectivity index (χ3v) is 6.12. The second-order valence-electron chi connectivity index (χ2n) is 8.61. The smallest absolute Gasteiger partial charge is 0.456 e. The fourth-order valence-corrected chi connectivity index (χ4v) is 3.92. The van der Waals surface area contributed by atoms with Gasteiger partial charge in [-0.05, 0) is 74.6 Å². The van der Waals surface area contributed by atoms with E-state index in [9.17, 15) is 0 Å². The summed E-state index contributed by atoms with van der Waals surface area (Å²) in [5, 5.41) is 4.57. The third kappa shape index (κ3) is 2.44. The molecule has 1 fully saturated rings. The van der Waals surface area contributed by atoms with E-state index in [4.69, 9.17) is 13.7 Å². The molecule has 0 aliphatic carbocycles. The van der Waals surface area contributed by atoms with Crippen molar-refractivity contribution in [3.8, 4) is 0 Å². The van der Waals surface area contributed by atoms with Gasteiger partial charge in [-0.25, -0.2) is 0 Å². The molecule has 0 saturated carbocycles. The minimum atomic E-state index is -0.412. The number of furan rings is 1. The number of rotatable bonds is 1. The minimum Gasteiger partial charge on any atom is -0.456 e. The Morgan fingerprint density at radius 1 is 0.778 bits per heavy atom. The molecule has 0 radical (unpaired) electrons. The number of hydrogen-bond acceptors (Lipinski definition) is 3. The van der Waals surface area contributed by atoms with Crippen LogP contribution in [0.1, 0.15) is 33.3 Å². The van der Waals surface area contributed by atoms with Crippen LogP contribution in [-0.2, 0) is 9.31 Å². The van der Waals surface area contributed by atoms with Crippen LogP contribution in [-0.4, -0.2) is 18.3 Å². The topological polar surface area (TPSA) is 31.6 Å². The van der Waals surface area contributed by atoms with Gasteiger partial charge in [-0.3, -0.25) is 0 Å². The van der Waals surface area contributed by atoms with Crippen LogP contribution in [0.3, 0.4) is 0 Å². The Bertz CT molecular complexity index is 1190. The molecular formula is C23H23BO3. The number of aryl methyl sites for hydroxylation is 1. The maximum atomic E-state index is 6.36. The zero-order valence-corrected chi connectivity index (χ0v) is 16.4. The molecule has 1 saturated heterocycles. The molecule has 0 N–H and O–H groups in total. The fourth-order valence-electron chi connectivity index (χ4n) is 3.92. The van der Waals surface area contributed by atoms with Crippen molar-refractivity contribution in [2.24, 2.45) is 0 Å². The van der Waals surface area contributed by atoms with E-state index >= 15 is 0 Å². The molecule has 136 valence electrons. The average Bonchev–Trinajstić information content (AvgIpc) is 3.04. The van der Waals surface area contributed by atoms with E-state index in [1.54, 1.807) is 0 Å². The Kier molecular flexibility index (Phi) is 3.35. The van der Waals surface area contributed by atoms with Crippen molar-refractivity contribution in [2.45, 2.75) is 45.8 Å². The number of benzene rings is 3. The first-order valence-corrected chi connectivity index (χ1v) is 9.46. The monoisotopic (exact) mass is 358 g/mol. The highest BCUT2D eigenvalue weighted by Gasteiger charge is 2.52. The van der Waals surface area contributed by atoms with Gasteiger partial charge in [-0.1, -0.05) is 30.3 Å². The molecule has 3 aromatic carbocycles. The highest BCUT2D eigenvalue weighted by Crippen LogP contribution is 2.38. The van der Waals surface area contributed by atoms with Crippen molar-refractivity contribution < 1.29 is 13.7 Å². The molecule has 1 aliphatic heterocycles. The van der Waals surface area contributed by atoms with Gasteiger partial charge in [0.2, 0.25) is 0 Å². The van der Waals surface area contributed by atoms with Crippen molar-refractivity contribution >= 4 is 45.3 Å². The van der Waals surface area contributed by atoms with Gasteiger partial charge in [0.25, 0.3) is 0 Å².